The highest BCUT2D eigenvalue weighted by atomic mass is 35.5. The lowest BCUT2D eigenvalue weighted by Crippen LogP contribution is -2.55. The van der Waals surface area contributed by atoms with Crippen LogP contribution in [0.5, 0.6) is 0 Å². The lowest BCUT2D eigenvalue weighted by atomic mass is 9.99. The Balaban J connectivity index is 2.29. The topological polar surface area (TPSA) is 78.9 Å². The number of aliphatic carboxylic acids is 1. The highest BCUT2D eigenvalue weighted by molar-refractivity contribution is 6.30. The molecule has 7 heteroatoms. The monoisotopic (exact) mass is 382 g/mol. The van der Waals surface area contributed by atoms with Crippen LogP contribution in [0.2, 0.25) is 5.02 Å². The number of carboxylic acid groups (broad SMARTS) is 1. The zero-order chi connectivity index (χ0) is 19.3. The van der Waals surface area contributed by atoms with Gasteiger partial charge < -0.3 is 15.2 Å². The van der Waals surface area contributed by atoms with Gasteiger partial charge in [-0.3, -0.25) is 4.90 Å². The number of hydrogen-bond acceptors (Lipinski definition) is 4. The third kappa shape index (κ3) is 5.88. The minimum atomic E-state index is -1.04. The number of nitrogens with one attached hydrogen (secondary N) is 1. The summed E-state index contributed by atoms with van der Waals surface area (Å²) < 4.78 is 5.52. The molecule has 1 aromatic rings. The molecule has 1 amide bonds. The van der Waals surface area contributed by atoms with Gasteiger partial charge in [-0.05, 0) is 64.4 Å². The van der Waals surface area contributed by atoms with Crippen molar-refractivity contribution in [1.29, 1.82) is 0 Å². The first-order valence-electron chi connectivity index (χ1n) is 8.86. The third-order valence-corrected chi connectivity index (χ3v) is 4.52. The van der Waals surface area contributed by atoms with Crippen molar-refractivity contribution in [2.45, 2.75) is 57.7 Å². The number of piperidine rings is 1. The number of carbonyl (C=O) groups is 2. The van der Waals surface area contributed by atoms with Crippen molar-refractivity contribution in [3.8, 4) is 0 Å². The van der Waals surface area contributed by atoms with Crippen molar-refractivity contribution in [1.82, 2.24) is 10.2 Å². The summed E-state index contributed by atoms with van der Waals surface area (Å²) in [5.74, 6) is -1.04. The first kappa shape index (κ1) is 20.5. The van der Waals surface area contributed by atoms with E-state index in [1.165, 1.54) is 4.90 Å². The standard InChI is InChI=1S/C19H27ClN2O4/c1-19(2,3)26-18(25)22(15-8-10-21-11-9-15)16(17(23)24)12-13-4-6-14(20)7-5-13/h4-7,15-16,21H,8-12H2,1-3H3,(H,23,24)/t16-/m1/s1. The van der Waals surface area contributed by atoms with E-state index >= 15 is 0 Å². The number of hydrogen-bond donors (Lipinski definition) is 2. The summed E-state index contributed by atoms with van der Waals surface area (Å²) in [6.45, 7) is 6.83. The molecule has 1 aromatic carbocycles. The number of nitrogens with zero attached hydrogens (tertiary/aromatic N) is 1. The molecule has 0 unspecified atom stereocenters. The Morgan fingerprint density at radius 2 is 1.85 bits per heavy atom. The van der Waals surface area contributed by atoms with Crippen LogP contribution in [-0.4, -0.2) is 52.8 Å². The van der Waals surface area contributed by atoms with Crippen molar-refractivity contribution in [3.05, 3.63) is 34.9 Å². The molecule has 2 N–H and O–H groups in total. The number of amides is 1. The SMILES string of the molecule is CC(C)(C)OC(=O)N(C1CCNCC1)[C@H](Cc1ccc(Cl)cc1)C(=O)O. The summed E-state index contributed by atoms with van der Waals surface area (Å²) in [6.07, 6.45) is 1.02. The second-order valence-corrected chi connectivity index (χ2v) is 7.99. The van der Waals surface area contributed by atoms with Gasteiger partial charge in [0.2, 0.25) is 0 Å². The van der Waals surface area contributed by atoms with Crippen LogP contribution in [0.4, 0.5) is 4.79 Å². The summed E-state index contributed by atoms with van der Waals surface area (Å²) in [6, 6.07) is 5.85. The van der Waals surface area contributed by atoms with E-state index in [9.17, 15) is 14.7 Å². The van der Waals surface area contributed by atoms with E-state index in [4.69, 9.17) is 16.3 Å². The average Bonchev–Trinajstić information content (AvgIpc) is 2.55. The van der Waals surface area contributed by atoms with Gasteiger partial charge in [-0.2, -0.15) is 0 Å². The first-order chi connectivity index (χ1) is 12.2. The van der Waals surface area contributed by atoms with Crippen molar-refractivity contribution in [3.63, 3.8) is 0 Å². The Bertz CT molecular complexity index is 621. The Hall–Kier alpha value is -1.79. The maximum absolute atomic E-state index is 12.8. The van der Waals surface area contributed by atoms with Gasteiger partial charge in [-0.15, -0.1) is 0 Å². The molecule has 6 nitrogen and oxygen atoms in total. The van der Waals surface area contributed by atoms with Crippen molar-refractivity contribution in [2.24, 2.45) is 0 Å². The van der Waals surface area contributed by atoms with Crippen LogP contribution in [0.3, 0.4) is 0 Å². The number of ether oxygens (including phenoxy) is 1. The van der Waals surface area contributed by atoms with E-state index < -0.39 is 23.7 Å². The van der Waals surface area contributed by atoms with Gasteiger partial charge in [-0.25, -0.2) is 9.59 Å². The largest absolute Gasteiger partial charge is 0.480 e. The van der Waals surface area contributed by atoms with Crippen LogP contribution >= 0.6 is 11.6 Å². The maximum Gasteiger partial charge on any atom is 0.411 e. The lowest BCUT2D eigenvalue weighted by molar-refractivity contribution is -0.144. The number of halogens is 1. The molecule has 2 rings (SSSR count). The highest BCUT2D eigenvalue weighted by Crippen LogP contribution is 2.23. The zero-order valence-corrected chi connectivity index (χ0v) is 16.3. The van der Waals surface area contributed by atoms with Crippen LogP contribution in [-0.2, 0) is 16.0 Å². The van der Waals surface area contributed by atoms with Gasteiger partial charge in [-0.1, -0.05) is 23.7 Å². The summed E-state index contributed by atoms with van der Waals surface area (Å²) in [4.78, 5) is 26.3. The molecule has 0 aliphatic carbocycles. The number of benzene rings is 1. The predicted octanol–water partition coefficient (Wildman–Crippen LogP) is 3.32. The molecule has 1 fully saturated rings. The Labute approximate surface area is 159 Å². The molecule has 0 bridgehead atoms. The fraction of sp³-hybridized carbons (Fsp3) is 0.579. The van der Waals surface area contributed by atoms with E-state index in [-0.39, 0.29) is 12.5 Å². The molecule has 0 radical (unpaired) electrons. The molecule has 144 valence electrons. The molecule has 1 aliphatic rings. The Kier molecular flexibility index (Phi) is 6.89. The second-order valence-electron chi connectivity index (χ2n) is 7.55. The van der Waals surface area contributed by atoms with Crippen molar-refractivity contribution < 1.29 is 19.4 Å². The molecule has 0 saturated carbocycles. The molecule has 1 aliphatic heterocycles. The molecular formula is C19H27ClN2O4. The van der Waals surface area contributed by atoms with Gasteiger partial charge in [0.05, 0.1) is 0 Å². The Morgan fingerprint density at radius 3 is 2.35 bits per heavy atom. The minimum absolute atomic E-state index is 0.167. The quantitative estimate of drug-likeness (QED) is 0.816. The molecule has 1 atom stereocenters. The molecule has 0 aromatic heterocycles. The average molecular weight is 383 g/mol. The second kappa shape index (κ2) is 8.73. The number of carboxylic acids is 1. The van der Waals surface area contributed by atoms with Crippen LogP contribution < -0.4 is 5.32 Å². The summed E-state index contributed by atoms with van der Waals surface area (Å²) in [5, 5.41) is 13.7. The van der Waals surface area contributed by atoms with Crippen LogP contribution in [0.15, 0.2) is 24.3 Å². The number of rotatable bonds is 5. The molecular weight excluding hydrogens is 356 g/mol. The zero-order valence-electron chi connectivity index (χ0n) is 15.5. The summed E-state index contributed by atoms with van der Waals surface area (Å²) in [5.41, 5.74) is 0.121. The third-order valence-electron chi connectivity index (χ3n) is 4.27. The summed E-state index contributed by atoms with van der Waals surface area (Å²) >= 11 is 5.91. The molecule has 0 spiro atoms. The molecule has 26 heavy (non-hydrogen) atoms. The van der Waals surface area contributed by atoms with Gasteiger partial charge in [0, 0.05) is 17.5 Å². The van der Waals surface area contributed by atoms with E-state index in [0.717, 1.165) is 18.7 Å². The van der Waals surface area contributed by atoms with Gasteiger partial charge in [0.15, 0.2) is 0 Å². The van der Waals surface area contributed by atoms with E-state index in [2.05, 4.69) is 5.32 Å². The fourth-order valence-corrected chi connectivity index (χ4v) is 3.20. The van der Waals surface area contributed by atoms with Crippen LogP contribution in [0, 0.1) is 0 Å². The van der Waals surface area contributed by atoms with Crippen LogP contribution in [0.25, 0.3) is 0 Å². The summed E-state index contributed by atoms with van der Waals surface area (Å²) in [7, 11) is 0. The highest BCUT2D eigenvalue weighted by Gasteiger charge is 2.38. The van der Waals surface area contributed by atoms with Crippen LogP contribution in [0.1, 0.15) is 39.2 Å². The van der Waals surface area contributed by atoms with Gasteiger partial charge >= 0.3 is 12.1 Å². The first-order valence-corrected chi connectivity index (χ1v) is 9.24. The fourth-order valence-electron chi connectivity index (χ4n) is 3.08. The van der Waals surface area contributed by atoms with Crippen molar-refractivity contribution >= 4 is 23.7 Å². The lowest BCUT2D eigenvalue weighted by Gasteiger charge is -2.39. The molecule has 1 saturated heterocycles. The maximum atomic E-state index is 12.8. The van der Waals surface area contributed by atoms with Crippen molar-refractivity contribution in [2.75, 3.05) is 13.1 Å². The van der Waals surface area contributed by atoms with E-state index in [1.807, 2.05) is 0 Å². The normalized spacial score (nSPS) is 16.8. The molecule has 1 heterocycles. The van der Waals surface area contributed by atoms with E-state index in [0.29, 0.717) is 17.9 Å². The Morgan fingerprint density at radius 1 is 1.27 bits per heavy atom. The number of carbonyl (C=O) groups excluding carboxylic acids is 1. The van der Waals surface area contributed by atoms with Gasteiger partial charge in [0.1, 0.15) is 11.6 Å². The van der Waals surface area contributed by atoms with Gasteiger partial charge in [0.25, 0.3) is 0 Å². The van der Waals surface area contributed by atoms with E-state index in [1.54, 1.807) is 45.0 Å². The smallest absolute Gasteiger partial charge is 0.411 e. The predicted molar refractivity (Wildman–Crippen MR) is 101 cm³/mol. The minimum Gasteiger partial charge on any atom is -0.480 e.